The topological polar surface area (TPSA) is 143 Å². The van der Waals surface area contributed by atoms with Gasteiger partial charge in [-0.15, -0.1) is 0 Å². The average molecular weight is 370 g/mol. The fraction of sp³-hybridized carbons (Fsp3) is 0.533. The molecular formula is C15H18N2O9. The SMILES string of the molecule is CC(=O)OC[C@H]1O[C@@H](n2ccc(=O)[nH]c2=O)C(OC(C)=O)C1OC(C)=O. The number of ether oxygens (including phenoxy) is 4. The number of carbonyl (C=O) groups excluding carboxylic acids is 3. The molecule has 26 heavy (non-hydrogen) atoms. The number of aromatic amines is 1. The van der Waals surface area contributed by atoms with Gasteiger partial charge in [-0.05, 0) is 0 Å². The van der Waals surface area contributed by atoms with Crippen LogP contribution in [0.5, 0.6) is 0 Å². The van der Waals surface area contributed by atoms with Crippen molar-refractivity contribution in [1.29, 1.82) is 0 Å². The first-order chi connectivity index (χ1) is 12.2. The third-order valence-corrected chi connectivity index (χ3v) is 3.47. The van der Waals surface area contributed by atoms with Crippen LogP contribution in [0.2, 0.25) is 0 Å². The normalized spacial score (nSPS) is 24.7. The highest BCUT2D eigenvalue weighted by Crippen LogP contribution is 2.33. The van der Waals surface area contributed by atoms with Crippen molar-refractivity contribution in [2.24, 2.45) is 0 Å². The maximum atomic E-state index is 12.1. The number of aromatic nitrogens is 2. The zero-order valence-electron chi connectivity index (χ0n) is 14.3. The standard InChI is InChI=1S/C15H18N2O9/c1-7(18)23-6-10-12(24-8(2)19)13(25-9(3)20)14(26-10)17-5-4-11(21)16-15(17)22/h4-5,10,12-14H,6H2,1-3H3,(H,16,21,22)/t10-,12?,13?,14-/m1/s1. The van der Waals surface area contributed by atoms with Gasteiger partial charge in [0.25, 0.3) is 5.56 Å². The maximum Gasteiger partial charge on any atom is 0.330 e. The molecule has 0 aliphatic carbocycles. The molecule has 0 spiro atoms. The van der Waals surface area contributed by atoms with E-state index < -0.39 is 53.7 Å². The maximum absolute atomic E-state index is 12.1. The van der Waals surface area contributed by atoms with Crippen molar-refractivity contribution < 1.29 is 33.3 Å². The van der Waals surface area contributed by atoms with Crippen LogP contribution in [0, 0.1) is 0 Å². The lowest BCUT2D eigenvalue weighted by molar-refractivity contribution is -0.166. The Kier molecular flexibility index (Phi) is 5.93. The third-order valence-electron chi connectivity index (χ3n) is 3.47. The first-order valence-corrected chi connectivity index (χ1v) is 7.63. The van der Waals surface area contributed by atoms with E-state index in [-0.39, 0.29) is 6.61 Å². The molecule has 0 aromatic carbocycles. The Morgan fingerprint density at radius 2 is 1.69 bits per heavy atom. The van der Waals surface area contributed by atoms with E-state index >= 15 is 0 Å². The van der Waals surface area contributed by atoms with E-state index in [2.05, 4.69) is 0 Å². The van der Waals surface area contributed by atoms with Crippen molar-refractivity contribution in [2.45, 2.75) is 45.3 Å². The third kappa shape index (κ3) is 4.57. The van der Waals surface area contributed by atoms with E-state index in [0.29, 0.717) is 0 Å². The molecule has 11 nitrogen and oxygen atoms in total. The highest BCUT2D eigenvalue weighted by molar-refractivity contribution is 5.67. The van der Waals surface area contributed by atoms with Crippen LogP contribution >= 0.6 is 0 Å². The summed E-state index contributed by atoms with van der Waals surface area (Å²) in [5.41, 5.74) is -1.43. The number of H-pyrrole nitrogens is 1. The van der Waals surface area contributed by atoms with E-state index in [0.717, 1.165) is 30.7 Å². The Morgan fingerprint density at radius 3 is 2.23 bits per heavy atom. The molecule has 0 saturated carbocycles. The summed E-state index contributed by atoms with van der Waals surface area (Å²) in [4.78, 5) is 59.3. The summed E-state index contributed by atoms with van der Waals surface area (Å²) >= 11 is 0. The summed E-state index contributed by atoms with van der Waals surface area (Å²) in [6, 6.07) is 1.08. The fourth-order valence-corrected chi connectivity index (χ4v) is 2.54. The Hall–Kier alpha value is -2.95. The predicted molar refractivity (Wildman–Crippen MR) is 83.0 cm³/mol. The first-order valence-electron chi connectivity index (χ1n) is 7.63. The van der Waals surface area contributed by atoms with Crippen LogP contribution in [0.1, 0.15) is 27.0 Å². The lowest BCUT2D eigenvalue weighted by Gasteiger charge is -2.23. The van der Waals surface area contributed by atoms with Gasteiger partial charge in [0.1, 0.15) is 12.7 Å². The summed E-state index contributed by atoms with van der Waals surface area (Å²) in [5, 5.41) is 0. The number of hydrogen-bond donors (Lipinski definition) is 1. The van der Waals surface area contributed by atoms with Crippen molar-refractivity contribution >= 4 is 17.9 Å². The number of hydrogen-bond acceptors (Lipinski definition) is 9. The van der Waals surface area contributed by atoms with Gasteiger partial charge in [-0.2, -0.15) is 0 Å². The summed E-state index contributed by atoms with van der Waals surface area (Å²) in [7, 11) is 0. The van der Waals surface area contributed by atoms with Crippen LogP contribution in [0.25, 0.3) is 0 Å². The van der Waals surface area contributed by atoms with Crippen molar-refractivity contribution in [3.05, 3.63) is 33.1 Å². The molecule has 142 valence electrons. The number of rotatable bonds is 5. The van der Waals surface area contributed by atoms with Gasteiger partial charge in [0.05, 0.1) is 0 Å². The van der Waals surface area contributed by atoms with Crippen LogP contribution in [-0.4, -0.2) is 52.4 Å². The van der Waals surface area contributed by atoms with Crippen LogP contribution in [-0.2, 0) is 33.3 Å². The van der Waals surface area contributed by atoms with Gasteiger partial charge in [0, 0.05) is 33.0 Å². The van der Waals surface area contributed by atoms with E-state index in [4.69, 9.17) is 18.9 Å². The van der Waals surface area contributed by atoms with Crippen LogP contribution in [0.15, 0.2) is 21.9 Å². The Labute approximate surface area is 146 Å². The van der Waals surface area contributed by atoms with Crippen LogP contribution in [0.4, 0.5) is 0 Å². The summed E-state index contributed by atoms with van der Waals surface area (Å²) in [6.07, 6.45) is -3.36. The zero-order valence-corrected chi connectivity index (χ0v) is 14.3. The molecule has 1 N–H and O–H groups in total. The van der Waals surface area contributed by atoms with Crippen molar-refractivity contribution in [3.8, 4) is 0 Å². The van der Waals surface area contributed by atoms with Gasteiger partial charge in [-0.3, -0.25) is 28.7 Å². The second-order valence-electron chi connectivity index (χ2n) is 5.53. The van der Waals surface area contributed by atoms with Gasteiger partial charge in [-0.1, -0.05) is 0 Å². The molecule has 11 heteroatoms. The molecule has 2 rings (SSSR count). The summed E-state index contributed by atoms with van der Waals surface area (Å²) in [5.74, 6) is -1.98. The van der Waals surface area contributed by atoms with Gasteiger partial charge >= 0.3 is 23.6 Å². The minimum Gasteiger partial charge on any atom is -0.463 e. The van der Waals surface area contributed by atoms with Gasteiger partial charge < -0.3 is 18.9 Å². The summed E-state index contributed by atoms with van der Waals surface area (Å²) in [6.45, 7) is 3.17. The van der Waals surface area contributed by atoms with E-state index in [1.165, 1.54) is 6.92 Å². The molecule has 0 amide bonds. The molecule has 0 radical (unpaired) electrons. The second-order valence-corrected chi connectivity index (χ2v) is 5.53. The Morgan fingerprint density at radius 1 is 1.08 bits per heavy atom. The number of nitrogens with zero attached hydrogens (tertiary/aromatic N) is 1. The lowest BCUT2D eigenvalue weighted by atomic mass is 10.1. The lowest BCUT2D eigenvalue weighted by Crippen LogP contribution is -2.42. The minimum absolute atomic E-state index is 0.292. The summed E-state index contributed by atoms with van der Waals surface area (Å²) < 4.78 is 21.9. The quantitative estimate of drug-likeness (QED) is 0.502. The molecule has 1 aliphatic heterocycles. The van der Waals surface area contributed by atoms with Gasteiger partial charge in [0.15, 0.2) is 18.4 Å². The molecule has 1 aromatic rings. The second kappa shape index (κ2) is 7.95. The van der Waals surface area contributed by atoms with E-state index in [9.17, 15) is 24.0 Å². The largest absolute Gasteiger partial charge is 0.463 e. The van der Waals surface area contributed by atoms with Crippen molar-refractivity contribution in [3.63, 3.8) is 0 Å². The molecule has 2 heterocycles. The Bertz CT molecular complexity index is 812. The number of esters is 3. The zero-order chi connectivity index (χ0) is 19.4. The predicted octanol–water partition coefficient (Wildman–Crippen LogP) is -1.14. The first kappa shape index (κ1) is 19.4. The molecule has 1 fully saturated rings. The van der Waals surface area contributed by atoms with Crippen molar-refractivity contribution in [2.75, 3.05) is 6.61 Å². The minimum atomic E-state index is -1.20. The smallest absolute Gasteiger partial charge is 0.330 e. The van der Waals surface area contributed by atoms with E-state index in [1.807, 2.05) is 4.98 Å². The van der Waals surface area contributed by atoms with Crippen LogP contribution < -0.4 is 11.2 Å². The highest BCUT2D eigenvalue weighted by atomic mass is 16.7. The fourth-order valence-electron chi connectivity index (χ4n) is 2.54. The van der Waals surface area contributed by atoms with Gasteiger partial charge in [0.2, 0.25) is 0 Å². The van der Waals surface area contributed by atoms with E-state index in [1.54, 1.807) is 0 Å². The number of carbonyl (C=O) groups is 3. The molecule has 2 unspecified atom stereocenters. The highest BCUT2D eigenvalue weighted by Gasteiger charge is 2.50. The molecular weight excluding hydrogens is 352 g/mol. The molecule has 1 aliphatic rings. The average Bonchev–Trinajstić information content (AvgIpc) is 2.82. The van der Waals surface area contributed by atoms with Crippen molar-refractivity contribution in [1.82, 2.24) is 9.55 Å². The molecule has 4 atom stereocenters. The number of nitrogens with one attached hydrogen (secondary N) is 1. The Balaban J connectivity index is 2.41. The molecule has 0 bridgehead atoms. The van der Waals surface area contributed by atoms with Gasteiger partial charge in [-0.25, -0.2) is 4.79 Å². The molecule has 1 saturated heterocycles. The van der Waals surface area contributed by atoms with Crippen LogP contribution in [0.3, 0.4) is 0 Å². The monoisotopic (exact) mass is 370 g/mol. The molecule has 1 aromatic heterocycles.